The standard InChI is InChI=1S/C11H12Cl6O4/c1-8(2)3-9(8,6(18)20-4-10(12,13)14)7(19)21-5-11(15,16)17/h3-5H2,1-2H3. The van der Waals surface area contributed by atoms with Gasteiger partial charge in [0.1, 0.15) is 13.2 Å². The summed E-state index contributed by atoms with van der Waals surface area (Å²) < 4.78 is 6.24. The third kappa shape index (κ3) is 5.08. The normalized spacial score (nSPS) is 19.8. The first-order valence-corrected chi connectivity index (χ1v) is 7.96. The molecule has 1 saturated carbocycles. The molecule has 4 nitrogen and oxygen atoms in total. The minimum atomic E-state index is -1.77. The average molecular weight is 421 g/mol. The van der Waals surface area contributed by atoms with Crippen LogP contribution in [0.4, 0.5) is 0 Å². The molecule has 1 aliphatic rings. The van der Waals surface area contributed by atoms with Crippen molar-refractivity contribution in [1.29, 1.82) is 0 Å². The molecular formula is C11H12Cl6O4. The van der Waals surface area contributed by atoms with E-state index in [1.807, 2.05) is 0 Å². The van der Waals surface area contributed by atoms with Crippen LogP contribution >= 0.6 is 69.6 Å². The van der Waals surface area contributed by atoms with Gasteiger partial charge in [0.15, 0.2) is 5.41 Å². The number of ether oxygens (including phenoxy) is 2. The van der Waals surface area contributed by atoms with Crippen LogP contribution in [0.5, 0.6) is 0 Å². The van der Waals surface area contributed by atoms with E-state index < -0.39 is 43.6 Å². The van der Waals surface area contributed by atoms with Crippen molar-refractivity contribution in [1.82, 2.24) is 0 Å². The van der Waals surface area contributed by atoms with E-state index in [-0.39, 0.29) is 6.42 Å². The second kappa shape index (κ2) is 6.29. The molecule has 21 heavy (non-hydrogen) atoms. The van der Waals surface area contributed by atoms with Gasteiger partial charge in [-0.05, 0) is 11.8 Å². The van der Waals surface area contributed by atoms with Crippen LogP contribution in [-0.2, 0) is 19.1 Å². The fourth-order valence-corrected chi connectivity index (χ4v) is 2.27. The Morgan fingerprint density at radius 3 is 1.38 bits per heavy atom. The third-order valence-corrected chi connectivity index (χ3v) is 3.82. The van der Waals surface area contributed by atoms with Gasteiger partial charge < -0.3 is 9.47 Å². The van der Waals surface area contributed by atoms with Crippen molar-refractivity contribution in [3.63, 3.8) is 0 Å². The van der Waals surface area contributed by atoms with Gasteiger partial charge in [0.05, 0.1) is 0 Å². The molecule has 0 radical (unpaired) electrons. The third-order valence-electron chi connectivity index (χ3n) is 3.17. The van der Waals surface area contributed by atoms with Crippen LogP contribution in [0.15, 0.2) is 0 Å². The highest BCUT2D eigenvalue weighted by molar-refractivity contribution is 6.68. The molecule has 1 fully saturated rings. The first kappa shape index (κ1) is 19.7. The Morgan fingerprint density at radius 1 is 0.905 bits per heavy atom. The maximum absolute atomic E-state index is 12.2. The van der Waals surface area contributed by atoms with Crippen LogP contribution in [-0.4, -0.2) is 32.7 Å². The zero-order valence-electron chi connectivity index (χ0n) is 11.0. The highest BCUT2D eigenvalue weighted by Crippen LogP contribution is 2.65. The van der Waals surface area contributed by atoms with Gasteiger partial charge in [0.25, 0.3) is 0 Å². The van der Waals surface area contributed by atoms with Crippen LogP contribution < -0.4 is 0 Å². The van der Waals surface area contributed by atoms with E-state index in [2.05, 4.69) is 0 Å². The molecule has 0 unspecified atom stereocenters. The molecule has 0 spiro atoms. The molecule has 0 aromatic carbocycles. The second-order valence-electron chi connectivity index (χ2n) is 5.35. The lowest BCUT2D eigenvalue weighted by molar-refractivity contribution is -0.166. The zero-order valence-corrected chi connectivity index (χ0v) is 15.6. The van der Waals surface area contributed by atoms with E-state index in [0.29, 0.717) is 0 Å². The van der Waals surface area contributed by atoms with E-state index in [4.69, 9.17) is 79.1 Å². The summed E-state index contributed by atoms with van der Waals surface area (Å²) in [6.07, 6.45) is 0.234. The van der Waals surface area contributed by atoms with Crippen molar-refractivity contribution in [2.24, 2.45) is 10.8 Å². The molecule has 0 aromatic rings. The molecule has 0 saturated heterocycles. The summed E-state index contributed by atoms with van der Waals surface area (Å²) in [6.45, 7) is 2.46. The minimum Gasteiger partial charge on any atom is -0.460 e. The maximum atomic E-state index is 12.2. The fourth-order valence-electron chi connectivity index (χ4n) is 1.94. The van der Waals surface area contributed by atoms with E-state index in [0.717, 1.165) is 0 Å². The van der Waals surface area contributed by atoms with Crippen LogP contribution in [0.2, 0.25) is 0 Å². The number of carbonyl (C=O) groups is 2. The van der Waals surface area contributed by atoms with Gasteiger partial charge in [0.2, 0.25) is 7.59 Å². The summed E-state index contributed by atoms with van der Waals surface area (Å²) in [4.78, 5) is 24.3. The molecule has 0 aromatic heterocycles. The lowest BCUT2D eigenvalue weighted by Gasteiger charge is -2.20. The highest BCUT2D eigenvalue weighted by atomic mass is 35.6. The first-order valence-electron chi connectivity index (χ1n) is 5.69. The van der Waals surface area contributed by atoms with Crippen molar-refractivity contribution in [3.8, 4) is 0 Å². The Labute approximate surface area is 152 Å². The Kier molecular flexibility index (Phi) is 5.91. The van der Waals surface area contributed by atoms with Crippen LogP contribution in [0.3, 0.4) is 0 Å². The maximum Gasteiger partial charge on any atom is 0.324 e. The zero-order chi connectivity index (χ0) is 16.7. The van der Waals surface area contributed by atoms with Gasteiger partial charge in [-0.1, -0.05) is 83.5 Å². The molecule has 122 valence electrons. The van der Waals surface area contributed by atoms with Crippen molar-refractivity contribution in [3.05, 3.63) is 0 Å². The lowest BCUT2D eigenvalue weighted by atomic mass is 9.96. The predicted octanol–water partition coefficient (Wildman–Crippen LogP) is 4.23. The number of hydrogen-bond acceptors (Lipinski definition) is 4. The molecule has 1 aliphatic carbocycles. The van der Waals surface area contributed by atoms with Crippen molar-refractivity contribution in [2.75, 3.05) is 13.2 Å². The van der Waals surface area contributed by atoms with Crippen molar-refractivity contribution in [2.45, 2.75) is 27.9 Å². The first-order chi connectivity index (χ1) is 9.21. The van der Waals surface area contributed by atoms with Gasteiger partial charge in [-0.3, -0.25) is 9.59 Å². The number of halogens is 6. The molecule has 0 amide bonds. The Morgan fingerprint density at radius 2 is 1.19 bits per heavy atom. The predicted molar refractivity (Wildman–Crippen MR) is 83.3 cm³/mol. The Hall–Kier alpha value is 0.680. The van der Waals surface area contributed by atoms with E-state index in [1.165, 1.54) is 0 Å². The molecule has 1 rings (SSSR count). The largest absolute Gasteiger partial charge is 0.460 e. The van der Waals surface area contributed by atoms with Gasteiger partial charge in [-0.15, -0.1) is 0 Å². The summed E-state index contributed by atoms with van der Waals surface area (Å²) in [5.74, 6) is -1.65. The lowest BCUT2D eigenvalue weighted by Crippen LogP contribution is -2.36. The molecule has 0 atom stereocenters. The molecule has 0 heterocycles. The Bertz CT molecular complexity index is 407. The summed E-state index contributed by atoms with van der Waals surface area (Å²) >= 11 is 33.0. The fraction of sp³-hybridized carbons (Fsp3) is 0.818. The molecule has 0 N–H and O–H groups in total. The van der Waals surface area contributed by atoms with Gasteiger partial charge in [-0.25, -0.2) is 0 Å². The number of carbonyl (C=O) groups excluding carboxylic acids is 2. The van der Waals surface area contributed by atoms with Crippen molar-refractivity contribution >= 4 is 81.5 Å². The highest BCUT2D eigenvalue weighted by Gasteiger charge is 2.74. The van der Waals surface area contributed by atoms with E-state index in [1.54, 1.807) is 13.8 Å². The van der Waals surface area contributed by atoms with E-state index >= 15 is 0 Å². The van der Waals surface area contributed by atoms with Crippen LogP contribution in [0, 0.1) is 10.8 Å². The number of alkyl halides is 6. The van der Waals surface area contributed by atoms with Crippen molar-refractivity contribution < 1.29 is 19.1 Å². The monoisotopic (exact) mass is 418 g/mol. The topological polar surface area (TPSA) is 52.6 Å². The van der Waals surface area contributed by atoms with Crippen LogP contribution in [0.1, 0.15) is 20.3 Å². The molecule has 0 aliphatic heterocycles. The molecule has 0 bridgehead atoms. The molecule has 10 heteroatoms. The number of hydrogen-bond donors (Lipinski definition) is 0. The summed E-state index contributed by atoms with van der Waals surface area (Å²) in [5.41, 5.74) is -2.12. The summed E-state index contributed by atoms with van der Waals surface area (Å²) in [7, 11) is 0. The van der Waals surface area contributed by atoms with Crippen LogP contribution in [0.25, 0.3) is 0 Å². The van der Waals surface area contributed by atoms with E-state index in [9.17, 15) is 9.59 Å². The van der Waals surface area contributed by atoms with Gasteiger partial charge in [0, 0.05) is 0 Å². The smallest absolute Gasteiger partial charge is 0.324 e. The average Bonchev–Trinajstić information content (AvgIpc) is 2.85. The SMILES string of the molecule is CC1(C)CC1(C(=O)OCC(Cl)(Cl)Cl)C(=O)OCC(Cl)(Cl)Cl. The quantitative estimate of drug-likeness (QED) is 0.388. The minimum absolute atomic E-state index is 0.234. The second-order valence-corrected chi connectivity index (χ2v) is 10.4. The van der Waals surface area contributed by atoms with Gasteiger partial charge in [-0.2, -0.15) is 0 Å². The molecular weight excluding hydrogens is 409 g/mol. The Balaban J connectivity index is 2.77. The summed E-state index contributed by atoms with van der Waals surface area (Å²) in [6, 6.07) is 0. The number of esters is 2. The number of rotatable bonds is 4. The summed E-state index contributed by atoms with van der Waals surface area (Å²) in [5, 5.41) is 0. The van der Waals surface area contributed by atoms with Gasteiger partial charge >= 0.3 is 11.9 Å².